The summed E-state index contributed by atoms with van der Waals surface area (Å²) in [7, 11) is 0. The Balaban J connectivity index is 2.00. The van der Waals surface area contributed by atoms with Gasteiger partial charge >= 0.3 is 0 Å². The van der Waals surface area contributed by atoms with E-state index in [9.17, 15) is 0 Å². The summed E-state index contributed by atoms with van der Waals surface area (Å²) >= 11 is 2.03. The Bertz CT molecular complexity index is 307. The van der Waals surface area contributed by atoms with E-state index in [1.807, 2.05) is 24.2 Å². The van der Waals surface area contributed by atoms with Gasteiger partial charge in [-0.25, -0.2) is 0 Å². The average Bonchev–Trinajstić information content (AvgIpc) is 2.68. The molecular formula is C12H18N2S. The lowest BCUT2D eigenvalue weighted by Gasteiger charge is -2.30. The van der Waals surface area contributed by atoms with Gasteiger partial charge in [-0.1, -0.05) is 0 Å². The van der Waals surface area contributed by atoms with E-state index >= 15 is 0 Å². The third kappa shape index (κ3) is 2.52. The number of hydrogen-bond acceptors (Lipinski definition) is 3. The zero-order valence-corrected chi connectivity index (χ0v) is 9.96. The molecule has 2 unspecified atom stereocenters. The van der Waals surface area contributed by atoms with Crippen LogP contribution in [0.1, 0.15) is 25.3 Å². The highest BCUT2D eigenvalue weighted by molar-refractivity contribution is 8.00. The molecule has 1 aromatic heterocycles. The van der Waals surface area contributed by atoms with Crippen LogP contribution in [0.15, 0.2) is 24.5 Å². The number of rotatable bonds is 3. The summed E-state index contributed by atoms with van der Waals surface area (Å²) in [5.74, 6) is 1.26. The zero-order chi connectivity index (χ0) is 10.7. The van der Waals surface area contributed by atoms with Gasteiger partial charge in [0.15, 0.2) is 0 Å². The molecule has 0 radical (unpaired) electrons. The first-order valence-corrected chi connectivity index (χ1v) is 6.48. The number of aromatic nitrogens is 1. The van der Waals surface area contributed by atoms with Gasteiger partial charge in [-0.05, 0) is 49.6 Å². The number of nitrogens with two attached hydrogens (primary N) is 1. The van der Waals surface area contributed by atoms with Crippen molar-refractivity contribution in [2.45, 2.75) is 37.0 Å². The maximum Gasteiger partial charge on any atom is 0.0286 e. The fraction of sp³-hybridized carbons (Fsp3) is 0.583. The van der Waals surface area contributed by atoms with Crippen LogP contribution in [0.5, 0.6) is 0 Å². The third-order valence-electron chi connectivity index (χ3n) is 3.24. The number of nitrogens with zero attached hydrogens (tertiary/aromatic N) is 1. The van der Waals surface area contributed by atoms with Gasteiger partial charge in [0.1, 0.15) is 0 Å². The normalized spacial score (nSPS) is 27.9. The topological polar surface area (TPSA) is 38.9 Å². The molecule has 1 saturated heterocycles. The largest absolute Gasteiger partial charge is 0.326 e. The molecule has 15 heavy (non-hydrogen) atoms. The summed E-state index contributed by atoms with van der Waals surface area (Å²) in [6.07, 6.45) is 7.21. The second-order valence-electron chi connectivity index (χ2n) is 4.43. The molecule has 2 N–H and O–H groups in total. The molecule has 1 aliphatic rings. The molecule has 0 amide bonds. The van der Waals surface area contributed by atoms with Crippen LogP contribution >= 0.6 is 11.8 Å². The molecule has 0 saturated carbocycles. The van der Waals surface area contributed by atoms with E-state index in [0.29, 0.717) is 0 Å². The summed E-state index contributed by atoms with van der Waals surface area (Å²) < 4.78 is 0.281. The van der Waals surface area contributed by atoms with Crippen LogP contribution in [0.25, 0.3) is 0 Å². The first-order valence-electron chi connectivity index (χ1n) is 5.49. The SMILES string of the molecule is CC1(C(N)Cc2ccncc2)CCCS1. The van der Waals surface area contributed by atoms with Crippen molar-refractivity contribution in [2.75, 3.05) is 5.75 Å². The summed E-state index contributed by atoms with van der Waals surface area (Å²) in [6.45, 7) is 2.30. The zero-order valence-electron chi connectivity index (χ0n) is 9.15. The van der Waals surface area contributed by atoms with Crippen molar-refractivity contribution < 1.29 is 0 Å². The van der Waals surface area contributed by atoms with Crippen molar-refractivity contribution in [1.82, 2.24) is 4.98 Å². The highest BCUT2D eigenvalue weighted by Gasteiger charge is 2.35. The van der Waals surface area contributed by atoms with Crippen LogP contribution in [-0.2, 0) is 6.42 Å². The molecule has 2 rings (SSSR count). The summed E-state index contributed by atoms with van der Waals surface area (Å²) in [5.41, 5.74) is 7.60. The molecule has 2 atom stereocenters. The molecule has 2 nitrogen and oxygen atoms in total. The van der Waals surface area contributed by atoms with Crippen molar-refractivity contribution >= 4 is 11.8 Å². The fourth-order valence-electron chi connectivity index (χ4n) is 2.08. The summed E-state index contributed by atoms with van der Waals surface area (Å²) in [6, 6.07) is 4.37. The maximum atomic E-state index is 6.30. The minimum absolute atomic E-state index is 0.257. The second kappa shape index (κ2) is 4.54. The molecule has 0 spiro atoms. The van der Waals surface area contributed by atoms with Gasteiger partial charge in [0.2, 0.25) is 0 Å². The smallest absolute Gasteiger partial charge is 0.0286 e. The van der Waals surface area contributed by atoms with Crippen molar-refractivity contribution in [3.63, 3.8) is 0 Å². The van der Waals surface area contributed by atoms with Gasteiger partial charge in [0, 0.05) is 23.2 Å². The van der Waals surface area contributed by atoms with Crippen LogP contribution in [0, 0.1) is 0 Å². The van der Waals surface area contributed by atoms with E-state index in [4.69, 9.17) is 5.73 Å². The monoisotopic (exact) mass is 222 g/mol. The van der Waals surface area contributed by atoms with Gasteiger partial charge in [-0.2, -0.15) is 11.8 Å². The highest BCUT2D eigenvalue weighted by Crippen LogP contribution is 2.40. The van der Waals surface area contributed by atoms with Gasteiger partial charge in [0.25, 0.3) is 0 Å². The Morgan fingerprint density at radius 1 is 1.53 bits per heavy atom. The minimum Gasteiger partial charge on any atom is -0.326 e. The molecule has 2 heterocycles. The predicted molar refractivity (Wildman–Crippen MR) is 66.0 cm³/mol. The fourth-order valence-corrected chi connectivity index (χ4v) is 3.42. The third-order valence-corrected chi connectivity index (χ3v) is 4.90. The lowest BCUT2D eigenvalue weighted by molar-refractivity contribution is 0.482. The lowest BCUT2D eigenvalue weighted by Crippen LogP contribution is -2.42. The number of pyridine rings is 1. The van der Waals surface area contributed by atoms with E-state index in [1.165, 1.54) is 24.2 Å². The van der Waals surface area contributed by atoms with Crippen molar-refractivity contribution in [3.05, 3.63) is 30.1 Å². The standard InChI is InChI=1S/C12H18N2S/c1-12(5-2-8-15-12)11(13)9-10-3-6-14-7-4-10/h3-4,6-7,11H,2,5,8-9,13H2,1H3. The van der Waals surface area contributed by atoms with Gasteiger partial charge in [-0.3, -0.25) is 4.98 Å². The number of hydrogen-bond donors (Lipinski definition) is 1. The molecule has 1 aliphatic heterocycles. The number of thioether (sulfide) groups is 1. The Morgan fingerprint density at radius 2 is 2.27 bits per heavy atom. The lowest BCUT2D eigenvalue weighted by atomic mass is 9.92. The first-order chi connectivity index (χ1) is 7.21. The Labute approximate surface area is 95.7 Å². The molecule has 0 bridgehead atoms. The van der Waals surface area contributed by atoms with E-state index < -0.39 is 0 Å². The van der Waals surface area contributed by atoms with E-state index in [-0.39, 0.29) is 10.8 Å². The molecule has 1 fully saturated rings. The molecule has 82 valence electrons. The van der Waals surface area contributed by atoms with Crippen LogP contribution in [0.2, 0.25) is 0 Å². The molecule has 1 aromatic rings. The van der Waals surface area contributed by atoms with Crippen LogP contribution in [-0.4, -0.2) is 21.5 Å². The molecular weight excluding hydrogens is 204 g/mol. The maximum absolute atomic E-state index is 6.30. The Kier molecular flexibility index (Phi) is 3.32. The van der Waals surface area contributed by atoms with Crippen molar-refractivity contribution in [1.29, 1.82) is 0 Å². The van der Waals surface area contributed by atoms with Crippen molar-refractivity contribution in [2.24, 2.45) is 5.73 Å². The second-order valence-corrected chi connectivity index (χ2v) is 6.06. The predicted octanol–water partition coefficient (Wildman–Crippen LogP) is 2.24. The average molecular weight is 222 g/mol. The van der Waals surface area contributed by atoms with Crippen LogP contribution in [0.3, 0.4) is 0 Å². The molecule has 3 heteroatoms. The van der Waals surface area contributed by atoms with E-state index in [1.54, 1.807) is 0 Å². The van der Waals surface area contributed by atoms with Crippen LogP contribution in [0.4, 0.5) is 0 Å². The summed E-state index contributed by atoms with van der Waals surface area (Å²) in [5, 5.41) is 0. The van der Waals surface area contributed by atoms with E-state index in [2.05, 4.69) is 24.0 Å². The Morgan fingerprint density at radius 3 is 2.87 bits per heavy atom. The Hall–Kier alpha value is -0.540. The highest BCUT2D eigenvalue weighted by atomic mass is 32.2. The van der Waals surface area contributed by atoms with Crippen molar-refractivity contribution in [3.8, 4) is 0 Å². The van der Waals surface area contributed by atoms with E-state index in [0.717, 1.165) is 6.42 Å². The molecule has 0 aliphatic carbocycles. The summed E-state index contributed by atoms with van der Waals surface area (Å²) in [4.78, 5) is 4.02. The minimum atomic E-state index is 0.257. The van der Waals surface area contributed by atoms with Crippen LogP contribution < -0.4 is 5.73 Å². The van der Waals surface area contributed by atoms with Gasteiger partial charge in [-0.15, -0.1) is 0 Å². The van der Waals surface area contributed by atoms with Gasteiger partial charge in [0.05, 0.1) is 0 Å². The first kappa shape index (κ1) is 11.0. The quantitative estimate of drug-likeness (QED) is 0.852. The molecule has 0 aromatic carbocycles. The van der Waals surface area contributed by atoms with Gasteiger partial charge < -0.3 is 5.73 Å².